The second-order valence-electron chi connectivity index (χ2n) is 5.96. The van der Waals surface area contributed by atoms with Gasteiger partial charge in [-0.3, -0.25) is 4.79 Å². The van der Waals surface area contributed by atoms with Crippen molar-refractivity contribution in [2.45, 2.75) is 18.4 Å². The van der Waals surface area contributed by atoms with Crippen molar-refractivity contribution in [3.63, 3.8) is 0 Å². The monoisotopic (exact) mass is 388 g/mol. The molecule has 0 radical (unpaired) electrons. The van der Waals surface area contributed by atoms with Crippen molar-refractivity contribution in [1.82, 2.24) is 10.0 Å². The van der Waals surface area contributed by atoms with Crippen LogP contribution in [0.15, 0.2) is 51.8 Å². The second-order valence-corrected chi connectivity index (χ2v) is 7.84. The Bertz CT molecular complexity index is 1100. The Hall–Kier alpha value is -2.84. The molecule has 1 amide bonds. The van der Waals surface area contributed by atoms with Gasteiger partial charge >= 0.3 is 0 Å². The Morgan fingerprint density at radius 2 is 1.96 bits per heavy atom. The SMILES string of the molecule is CNS(=O)(=O)c1cccc(CNC(=O)c2oc3ccc(OC)cc3c2C)c1. The number of nitrogens with one attached hydrogen (secondary N) is 2. The van der Waals surface area contributed by atoms with E-state index in [0.29, 0.717) is 22.5 Å². The first kappa shape index (κ1) is 18.9. The van der Waals surface area contributed by atoms with Gasteiger partial charge in [-0.25, -0.2) is 13.1 Å². The molecule has 0 unspecified atom stereocenters. The number of furan rings is 1. The van der Waals surface area contributed by atoms with E-state index in [4.69, 9.17) is 9.15 Å². The third kappa shape index (κ3) is 3.81. The topological polar surface area (TPSA) is 97.6 Å². The summed E-state index contributed by atoms with van der Waals surface area (Å²) in [6.07, 6.45) is 0. The normalized spacial score (nSPS) is 11.5. The van der Waals surface area contributed by atoms with Gasteiger partial charge in [0.25, 0.3) is 5.91 Å². The average Bonchev–Trinajstić information content (AvgIpc) is 3.02. The van der Waals surface area contributed by atoms with Gasteiger partial charge in [0.1, 0.15) is 11.3 Å². The van der Waals surface area contributed by atoms with Crippen LogP contribution in [0.25, 0.3) is 11.0 Å². The number of fused-ring (bicyclic) bond motifs is 1. The highest BCUT2D eigenvalue weighted by atomic mass is 32.2. The molecule has 3 rings (SSSR count). The molecule has 0 aliphatic carbocycles. The summed E-state index contributed by atoms with van der Waals surface area (Å²) >= 11 is 0. The minimum atomic E-state index is -3.54. The predicted octanol–water partition coefficient (Wildman–Crippen LogP) is 2.59. The lowest BCUT2D eigenvalue weighted by molar-refractivity contribution is 0.0924. The number of rotatable bonds is 6. The zero-order valence-corrected chi connectivity index (χ0v) is 16.0. The van der Waals surface area contributed by atoms with E-state index in [9.17, 15) is 13.2 Å². The molecule has 8 heteroatoms. The van der Waals surface area contributed by atoms with Crippen LogP contribution in [0, 0.1) is 6.92 Å². The largest absolute Gasteiger partial charge is 0.497 e. The number of hydrogen-bond donors (Lipinski definition) is 2. The molecule has 0 saturated heterocycles. The fraction of sp³-hybridized carbons (Fsp3) is 0.211. The summed E-state index contributed by atoms with van der Waals surface area (Å²) < 4.78 is 36.9. The maximum Gasteiger partial charge on any atom is 0.287 e. The number of methoxy groups -OCH3 is 1. The molecule has 2 N–H and O–H groups in total. The first-order valence-corrected chi connectivity index (χ1v) is 9.72. The van der Waals surface area contributed by atoms with E-state index in [0.717, 1.165) is 5.39 Å². The number of carbonyl (C=O) groups excluding carboxylic acids is 1. The Kier molecular flexibility index (Phi) is 5.20. The summed E-state index contributed by atoms with van der Waals surface area (Å²) in [7, 11) is -0.609. The highest BCUT2D eigenvalue weighted by molar-refractivity contribution is 7.89. The number of hydrogen-bond acceptors (Lipinski definition) is 5. The average molecular weight is 388 g/mol. The van der Waals surface area contributed by atoms with E-state index in [-0.39, 0.29) is 23.1 Å². The van der Waals surface area contributed by atoms with Crippen LogP contribution < -0.4 is 14.8 Å². The molecule has 0 aliphatic rings. The van der Waals surface area contributed by atoms with Gasteiger partial charge in [0.2, 0.25) is 10.0 Å². The molecule has 0 fully saturated rings. The first-order chi connectivity index (χ1) is 12.9. The van der Waals surface area contributed by atoms with Gasteiger partial charge in [0.05, 0.1) is 12.0 Å². The zero-order valence-electron chi connectivity index (χ0n) is 15.2. The fourth-order valence-corrected chi connectivity index (χ4v) is 3.55. The van der Waals surface area contributed by atoms with Crippen molar-refractivity contribution in [3.05, 3.63) is 59.4 Å². The molecule has 0 bridgehead atoms. The first-order valence-electron chi connectivity index (χ1n) is 8.23. The van der Waals surface area contributed by atoms with Crippen molar-refractivity contribution >= 4 is 26.9 Å². The van der Waals surface area contributed by atoms with Crippen LogP contribution in [0.4, 0.5) is 0 Å². The maximum atomic E-state index is 12.5. The van der Waals surface area contributed by atoms with Gasteiger partial charge < -0.3 is 14.5 Å². The van der Waals surface area contributed by atoms with E-state index < -0.39 is 10.0 Å². The lowest BCUT2D eigenvalue weighted by Crippen LogP contribution is -2.23. The number of ether oxygens (including phenoxy) is 1. The number of amides is 1. The predicted molar refractivity (Wildman–Crippen MR) is 101 cm³/mol. The van der Waals surface area contributed by atoms with Crippen molar-refractivity contribution in [2.24, 2.45) is 0 Å². The van der Waals surface area contributed by atoms with Gasteiger partial charge in [-0.05, 0) is 49.9 Å². The van der Waals surface area contributed by atoms with Crippen LogP contribution in [0.5, 0.6) is 5.75 Å². The molecule has 0 spiro atoms. The molecular weight excluding hydrogens is 368 g/mol. The van der Waals surface area contributed by atoms with Gasteiger partial charge in [-0.2, -0.15) is 0 Å². The lowest BCUT2D eigenvalue weighted by atomic mass is 10.1. The van der Waals surface area contributed by atoms with Gasteiger partial charge in [-0.1, -0.05) is 12.1 Å². The standard InChI is InChI=1S/C19H20N2O5S/c1-12-16-10-14(25-3)7-8-17(16)26-18(12)19(22)21-11-13-5-4-6-15(9-13)27(23,24)20-2/h4-10,20H,11H2,1-3H3,(H,21,22). The Morgan fingerprint density at radius 3 is 2.67 bits per heavy atom. The number of benzene rings is 2. The molecule has 0 saturated carbocycles. The van der Waals surface area contributed by atoms with Crippen LogP contribution >= 0.6 is 0 Å². The smallest absolute Gasteiger partial charge is 0.287 e. The van der Waals surface area contributed by atoms with Crippen molar-refractivity contribution < 1.29 is 22.4 Å². The van der Waals surface area contributed by atoms with Crippen LogP contribution in [-0.4, -0.2) is 28.5 Å². The number of aryl methyl sites for hydroxylation is 1. The van der Waals surface area contributed by atoms with Gasteiger partial charge in [0, 0.05) is 17.5 Å². The van der Waals surface area contributed by atoms with Crippen LogP contribution in [-0.2, 0) is 16.6 Å². The summed E-state index contributed by atoms with van der Waals surface area (Å²) in [5, 5.41) is 3.57. The summed E-state index contributed by atoms with van der Waals surface area (Å²) in [5.74, 6) is 0.530. The van der Waals surface area contributed by atoms with Crippen LogP contribution in [0.1, 0.15) is 21.7 Å². The highest BCUT2D eigenvalue weighted by Gasteiger charge is 2.18. The lowest BCUT2D eigenvalue weighted by Gasteiger charge is -2.07. The number of sulfonamides is 1. The summed E-state index contributed by atoms with van der Waals surface area (Å²) in [5.41, 5.74) is 1.98. The van der Waals surface area contributed by atoms with E-state index in [2.05, 4.69) is 10.0 Å². The summed E-state index contributed by atoms with van der Waals surface area (Å²) in [6, 6.07) is 11.7. The van der Waals surface area contributed by atoms with E-state index in [1.54, 1.807) is 38.3 Å². The molecule has 0 aliphatic heterocycles. The maximum absolute atomic E-state index is 12.5. The summed E-state index contributed by atoms with van der Waals surface area (Å²) in [4.78, 5) is 12.7. The van der Waals surface area contributed by atoms with Crippen molar-refractivity contribution in [3.8, 4) is 5.75 Å². The quantitative estimate of drug-likeness (QED) is 0.676. The summed E-state index contributed by atoms with van der Waals surface area (Å²) in [6.45, 7) is 1.98. The molecule has 7 nitrogen and oxygen atoms in total. The fourth-order valence-electron chi connectivity index (χ4n) is 2.75. The van der Waals surface area contributed by atoms with Gasteiger partial charge in [-0.15, -0.1) is 0 Å². The van der Waals surface area contributed by atoms with E-state index in [1.165, 1.54) is 19.2 Å². The molecule has 1 heterocycles. The van der Waals surface area contributed by atoms with Crippen LogP contribution in [0.2, 0.25) is 0 Å². The Morgan fingerprint density at radius 1 is 1.19 bits per heavy atom. The van der Waals surface area contributed by atoms with Gasteiger partial charge in [0.15, 0.2) is 5.76 Å². The molecule has 3 aromatic rings. The van der Waals surface area contributed by atoms with Crippen molar-refractivity contribution in [2.75, 3.05) is 14.2 Å². The second kappa shape index (κ2) is 7.42. The number of carbonyl (C=O) groups is 1. The molecule has 142 valence electrons. The molecule has 1 aromatic heterocycles. The Labute approximate surface area is 157 Å². The molecule has 27 heavy (non-hydrogen) atoms. The molecular formula is C19H20N2O5S. The van der Waals surface area contributed by atoms with Crippen LogP contribution in [0.3, 0.4) is 0 Å². The van der Waals surface area contributed by atoms with E-state index >= 15 is 0 Å². The molecule has 0 atom stereocenters. The Balaban J connectivity index is 1.80. The molecule has 2 aromatic carbocycles. The minimum Gasteiger partial charge on any atom is -0.497 e. The zero-order chi connectivity index (χ0) is 19.6. The minimum absolute atomic E-state index is 0.142. The third-order valence-electron chi connectivity index (χ3n) is 4.28. The highest BCUT2D eigenvalue weighted by Crippen LogP contribution is 2.28. The van der Waals surface area contributed by atoms with Crippen molar-refractivity contribution in [1.29, 1.82) is 0 Å². The van der Waals surface area contributed by atoms with E-state index in [1.807, 2.05) is 6.07 Å². The third-order valence-corrected chi connectivity index (χ3v) is 5.69.